The Hall–Kier alpha value is -3.15. The lowest BCUT2D eigenvalue weighted by Gasteiger charge is -2.25. The first-order valence-corrected chi connectivity index (χ1v) is 10.4. The van der Waals surface area contributed by atoms with Crippen LogP contribution in [-0.4, -0.2) is 39.2 Å². The number of amides is 1. The van der Waals surface area contributed by atoms with E-state index in [1.54, 1.807) is 7.11 Å². The van der Waals surface area contributed by atoms with E-state index in [4.69, 9.17) is 9.84 Å². The SMILES string of the molecule is COc1ccc(CC(=O)N2CCC[C@@H]2c2nn(C)cc2-c2ccncc2C)cc1C. The van der Waals surface area contributed by atoms with Gasteiger partial charge in [-0.25, -0.2) is 0 Å². The molecule has 0 spiro atoms. The van der Waals surface area contributed by atoms with Crippen LogP contribution in [0.2, 0.25) is 0 Å². The second-order valence-corrected chi connectivity index (χ2v) is 8.02. The highest BCUT2D eigenvalue weighted by atomic mass is 16.5. The molecule has 2 aromatic heterocycles. The van der Waals surface area contributed by atoms with Crippen molar-refractivity contribution >= 4 is 5.91 Å². The number of methoxy groups -OCH3 is 1. The number of nitrogens with zero attached hydrogens (tertiary/aromatic N) is 4. The number of aromatic nitrogens is 3. The van der Waals surface area contributed by atoms with Gasteiger partial charge in [0.25, 0.3) is 0 Å². The largest absolute Gasteiger partial charge is 0.496 e. The summed E-state index contributed by atoms with van der Waals surface area (Å²) in [5.74, 6) is 0.987. The van der Waals surface area contributed by atoms with Crippen molar-refractivity contribution in [2.45, 2.75) is 39.2 Å². The molecular weight excluding hydrogens is 376 g/mol. The molecule has 6 nitrogen and oxygen atoms in total. The van der Waals surface area contributed by atoms with Crippen molar-refractivity contribution in [3.05, 3.63) is 65.2 Å². The van der Waals surface area contributed by atoms with Crippen molar-refractivity contribution < 1.29 is 9.53 Å². The lowest BCUT2D eigenvalue weighted by molar-refractivity contribution is -0.131. The van der Waals surface area contributed by atoms with E-state index < -0.39 is 0 Å². The van der Waals surface area contributed by atoms with Crippen LogP contribution in [-0.2, 0) is 18.3 Å². The molecule has 1 aliphatic heterocycles. The van der Waals surface area contributed by atoms with Crippen molar-refractivity contribution in [2.75, 3.05) is 13.7 Å². The number of carbonyl (C=O) groups excluding carboxylic acids is 1. The molecule has 1 atom stereocenters. The van der Waals surface area contributed by atoms with Gasteiger partial charge < -0.3 is 9.64 Å². The molecule has 1 aromatic carbocycles. The Kier molecular flexibility index (Phi) is 5.57. The molecule has 3 heterocycles. The van der Waals surface area contributed by atoms with E-state index >= 15 is 0 Å². The minimum absolute atomic E-state index is 0.000565. The molecule has 3 aromatic rings. The number of rotatable bonds is 5. The van der Waals surface area contributed by atoms with Crippen molar-refractivity contribution in [3.8, 4) is 16.9 Å². The Balaban J connectivity index is 1.61. The lowest BCUT2D eigenvalue weighted by atomic mass is 9.98. The molecule has 1 aliphatic rings. The molecule has 30 heavy (non-hydrogen) atoms. The maximum Gasteiger partial charge on any atom is 0.227 e. The zero-order valence-corrected chi connectivity index (χ0v) is 18.1. The van der Waals surface area contributed by atoms with Crippen molar-refractivity contribution in [1.29, 1.82) is 0 Å². The van der Waals surface area contributed by atoms with Crippen LogP contribution in [0, 0.1) is 13.8 Å². The van der Waals surface area contributed by atoms with E-state index in [9.17, 15) is 4.79 Å². The molecule has 1 fully saturated rings. The van der Waals surface area contributed by atoms with Crippen molar-refractivity contribution in [3.63, 3.8) is 0 Å². The summed E-state index contributed by atoms with van der Waals surface area (Å²) in [4.78, 5) is 19.5. The predicted molar refractivity (Wildman–Crippen MR) is 116 cm³/mol. The molecule has 0 bridgehead atoms. The molecule has 6 heteroatoms. The third kappa shape index (κ3) is 3.82. The van der Waals surface area contributed by atoms with Crippen LogP contribution in [0.4, 0.5) is 0 Å². The first-order chi connectivity index (χ1) is 14.5. The Bertz CT molecular complexity index is 1070. The first kappa shape index (κ1) is 20.1. The third-order valence-corrected chi connectivity index (χ3v) is 5.87. The maximum absolute atomic E-state index is 13.2. The predicted octanol–water partition coefficient (Wildman–Crippen LogP) is 4.01. The number of benzene rings is 1. The monoisotopic (exact) mass is 404 g/mol. The Morgan fingerprint density at radius 2 is 2.03 bits per heavy atom. The number of ether oxygens (including phenoxy) is 1. The van der Waals surface area contributed by atoms with Crippen molar-refractivity contribution in [2.24, 2.45) is 7.05 Å². The summed E-state index contributed by atoms with van der Waals surface area (Å²) in [6.07, 6.45) is 8.03. The highest BCUT2D eigenvalue weighted by molar-refractivity contribution is 5.80. The molecule has 1 amide bonds. The summed E-state index contributed by atoms with van der Waals surface area (Å²) >= 11 is 0. The smallest absolute Gasteiger partial charge is 0.227 e. The number of likely N-dealkylation sites (tertiary alicyclic amines) is 1. The normalized spacial score (nSPS) is 16.1. The highest BCUT2D eigenvalue weighted by Crippen LogP contribution is 2.38. The molecule has 0 aliphatic carbocycles. The number of carbonyl (C=O) groups is 1. The van der Waals surface area contributed by atoms with Gasteiger partial charge in [-0.2, -0.15) is 5.10 Å². The van der Waals surface area contributed by atoms with Gasteiger partial charge in [0.15, 0.2) is 0 Å². The number of hydrogen-bond acceptors (Lipinski definition) is 4. The Labute approximate surface area is 177 Å². The van der Waals surface area contributed by atoms with E-state index in [1.165, 1.54) is 0 Å². The van der Waals surface area contributed by atoms with Crippen LogP contribution in [0.3, 0.4) is 0 Å². The highest BCUT2D eigenvalue weighted by Gasteiger charge is 2.33. The molecule has 0 radical (unpaired) electrons. The van der Waals surface area contributed by atoms with Crippen LogP contribution < -0.4 is 4.74 Å². The molecule has 1 saturated heterocycles. The molecule has 156 valence electrons. The molecular formula is C24H28N4O2. The van der Waals surface area contributed by atoms with Gasteiger partial charge in [-0.15, -0.1) is 0 Å². The van der Waals surface area contributed by atoms with Crippen LogP contribution in [0.5, 0.6) is 5.75 Å². The van der Waals surface area contributed by atoms with Gasteiger partial charge in [0.05, 0.1) is 25.3 Å². The zero-order valence-electron chi connectivity index (χ0n) is 18.1. The van der Waals surface area contributed by atoms with Gasteiger partial charge in [0.1, 0.15) is 5.75 Å². The van der Waals surface area contributed by atoms with E-state index in [-0.39, 0.29) is 11.9 Å². The average molecular weight is 405 g/mol. The Morgan fingerprint density at radius 1 is 1.20 bits per heavy atom. The quantitative estimate of drug-likeness (QED) is 0.645. The van der Waals surface area contributed by atoms with E-state index in [2.05, 4.69) is 11.9 Å². The zero-order chi connectivity index (χ0) is 21.3. The fourth-order valence-electron chi connectivity index (χ4n) is 4.41. The van der Waals surface area contributed by atoms with Gasteiger partial charge in [0, 0.05) is 37.7 Å². The second kappa shape index (κ2) is 8.30. The third-order valence-electron chi connectivity index (χ3n) is 5.87. The summed E-state index contributed by atoms with van der Waals surface area (Å²) in [5, 5.41) is 4.77. The van der Waals surface area contributed by atoms with Gasteiger partial charge >= 0.3 is 0 Å². The van der Waals surface area contributed by atoms with Crippen LogP contribution in [0.1, 0.15) is 41.3 Å². The summed E-state index contributed by atoms with van der Waals surface area (Å²) in [6, 6.07) is 7.97. The number of pyridine rings is 1. The van der Waals surface area contributed by atoms with Gasteiger partial charge in [-0.3, -0.25) is 14.5 Å². The van der Waals surface area contributed by atoms with Crippen LogP contribution in [0.25, 0.3) is 11.1 Å². The number of hydrogen-bond donors (Lipinski definition) is 0. The van der Waals surface area contributed by atoms with Crippen molar-refractivity contribution in [1.82, 2.24) is 19.7 Å². The summed E-state index contributed by atoms with van der Waals surface area (Å²) < 4.78 is 7.18. The average Bonchev–Trinajstić information content (AvgIpc) is 3.35. The second-order valence-electron chi connectivity index (χ2n) is 8.02. The first-order valence-electron chi connectivity index (χ1n) is 10.4. The summed E-state index contributed by atoms with van der Waals surface area (Å²) in [6.45, 7) is 4.83. The molecule has 0 unspecified atom stereocenters. The minimum atomic E-state index is 0.000565. The fraction of sp³-hybridized carbons (Fsp3) is 0.375. The molecule has 0 N–H and O–H groups in total. The van der Waals surface area contributed by atoms with Gasteiger partial charge in [0.2, 0.25) is 5.91 Å². The van der Waals surface area contributed by atoms with E-state index in [1.807, 2.05) is 66.4 Å². The number of aryl methyl sites for hydroxylation is 3. The summed E-state index contributed by atoms with van der Waals surface area (Å²) in [7, 11) is 3.60. The standard InChI is InChI=1S/C24H28N4O2/c1-16-12-18(7-8-22(16)30-4)13-23(29)28-11-5-6-21(28)24-20(15-27(3)26-24)19-9-10-25-14-17(19)2/h7-10,12,14-15,21H,5-6,11,13H2,1-4H3/t21-/m1/s1. The van der Waals surface area contributed by atoms with Crippen LogP contribution >= 0.6 is 0 Å². The van der Waals surface area contributed by atoms with Gasteiger partial charge in [-0.1, -0.05) is 12.1 Å². The van der Waals surface area contributed by atoms with Crippen LogP contribution in [0.15, 0.2) is 42.9 Å². The summed E-state index contributed by atoms with van der Waals surface area (Å²) in [5.41, 5.74) is 6.34. The molecule has 4 rings (SSSR count). The lowest BCUT2D eigenvalue weighted by Crippen LogP contribution is -2.32. The maximum atomic E-state index is 13.2. The topological polar surface area (TPSA) is 60.2 Å². The fourth-order valence-corrected chi connectivity index (χ4v) is 4.41. The van der Waals surface area contributed by atoms with Gasteiger partial charge in [-0.05, 0) is 61.1 Å². The Morgan fingerprint density at radius 3 is 2.77 bits per heavy atom. The van der Waals surface area contributed by atoms with E-state index in [0.717, 1.165) is 58.6 Å². The minimum Gasteiger partial charge on any atom is -0.496 e. The van der Waals surface area contributed by atoms with E-state index in [0.29, 0.717) is 6.42 Å². The molecule has 0 saturated carbocycles.